The van der Waals surface area contributed by atoms with E-state index in [2.05, 4.69) is 31.1 Å². The molecule has 0 bridgehead atoms. The molecule has 0 spiro atoms. The van der Waals surface area contributed by atoms with Crippen molar-refractivity contribution in [3.8, 4) is 22.4 Å². The maximum atomic E-state index is 13.0. The SMILES string of the molecule is CCOC(=O)c1c(-c2ccc(Cl)cc2)c[nH]c1Nc1ccccc1NC(=S)Nc1ccc(-c2ccccc2)nn1. The van der Waals surface area contributed by atoms with Crippen LogP contribution in [0.1, 0.15) is 17.3 Å². The van der Waals surface area contributed by atoms with Gasteiger partial charge in [-0.1, -0.05) is 66.2 Å². The number of benzene rings is 3. The average molecular weight is 569 g/mol. The van der Waals surface area contributed by atoms with E-state index in [0.29, 0.717) is 44.3 Å². The molecule has 0 aliphatic heterocycles. The van der Waals surface area contributed by atoms with Crippen molar-refractivity contribution in [3.63, 3.8) is 0 Å². The predicted molar refractivity (Wildman–Crippen MR) is 164 cm³/mol. The molecule has 8 nitrogen and oxygen atoms in total. The highest BCUT2D eigenvalue weighted by Crippen LogP contribution is 2.34. The Balaban J connectivity index is 1.34. The van der Waals surface area contributed by atoms with Gasteiger partial charge in [0, 0.05) is 22.3 Å². The van der Waals surface area contributed by atoms with Crippen molar-refractivity contribution in [2.24, 2.45) is 0 Å². The highest BCUT2D eigenvalue weighted by molar-refractivity contribution is 7.80. The number of halogens is 1. The van der Waals surface area contributed by atoms with Crippen molar-refractivity contribution < 1.29 is 9.53 Å². The van der Waals surface area contributed by atoms with Gasteiger partial charge in [-0.15, -0.1) is 10.2 Å². The molecular weight excluding hydrogens is 544 g/mol. The molecule has 0 saturated heterocycles. The minimum absolute atomic E-state index is 0.247. The van der Waals surface area contributed by atoms with Crippen molar-refractivity contribution in [1.29, 1.82) is 0 Å². The number of aromatic nitrogens is 3. The highest BCUT2D eigenvalue weighted by atomic mass is 35.5. The second kappa shape index (κ2) is 12.4. The number of carbonyl (C=O) groups excluding carboxylic acids is 1. The molecular formula is C30H25ClN6O2S. The van der Waals surface area contributed by atoms with Crippen LogP contribution in [0.2, 0.25) is 5.02 Å². The number of nitrogens with one attached hydrogen (secondary N) is 4. The number of ether oxygens (including phenoxy) is 1. The Morgan fingerprint density at radius 2 is 1.60 bits per heavy atom. The predicted octanol–water partition coefficient (Wildman–Crippen LogP) is 7.52. The lowest BCUT2D eigenvalue weighted by Crippen LogP contribution is -2.20. The van der Waals surface area contributed by atoms with Crippen LogP contribution in [0.15, 0.2) is 97.2 Å². The first-order chi connectivity index (χ1) is 19.5. The third-order valence-electron chi connectivity index (χ3n) is 5.93. The molecule has 0 amide bonds. The minimum Gasteiger partial charge on any atom is -0.462 e. The van der Waals surface area contributed by atoms with Gasteiger partial charge in [-0.2, -0.15) is 0 Å². The Bertz CT molecular complexity index is 1620. The number of carbonyl (C=O) groups is 1. The molecule has 200 valence electrons. The molecule has 10 heteroatoms. The molecule has 0 unspecified atom stereocenters. The summed E-state index contributed by atoms with van der Waals surface area (Å²) in [7, 11) is 0. The fraction of sp³-hybridized carbons (Fsp3) is 0.0667. The molecule has 0 aliphatic carbocycles. The summed E-state index contributed by atoms with van der Waals surface area (Å²) in [6, 6.07) is 28.3. The monoisotopic (exact) mass is 568 g/mol. The standard InChI is InChI=1S/C30H25ClN6O2S/c1-2-39-29(38)27-22(19-12-14-21(31)15-13-19)18-32-28(27)33-24-10-6-7-11-25(24)34-30(40)35-26-17-16-23(36-37-26)20-8-4-3-5-9-20/h3-18,32-33H,2H2,1H3,(H2,34,35,37,40). The molecule has 5 aromatic rings. The maximum absolute atomic E-state index is 13.0. The van der Waals surface area contributed by atoms with Crippen LogP contribution in [0.4, 0.5) is 23.0 Å². The van der Waals surface area contributed by atoms with Gasteiger partial charge in [0.15, 0.2) is 10.9 Å². The van der Waals surface area contributed by atoms with Gasteiger partial charge in [0.25, 0.3) is 0 Å². The van der Waals surface area contributed by atoms with Crippen LogP contribution in [0, 0.1) is 0 Å². The van der Waals surface area contributed by atoms with Gasteiger partial charge < -0.3 is 25.7 Å². The highest BCUT2D eigenvalue weighted by Gasteiger charge is 2.22. The lowest BCUT2D eigenvalue weighted by molar-refractivity contribution is 0.0528. The van der Waals surface area contributed by atoms with Crippen molar-refractivity contribution in [2.45, 2.75) is 6.92 Å². The molecule has 3 aromatic carbocycles. The van der Waals surface area contributed by atoms with Crippen LogP contribution in [-0.4, -0.2) is 32.9 Å². The summed E-state index contributed by atoms with van der Waals surface area (Å²) >= 11 is 11.6. The fourth-order valence-corrected chi connectivity index (χ4v) is 4.40. The van der Waals surface area contributed by atoms with Crippen molar-refractivity contribution >= 4 is 57.9 Å². The largest absolute Gasteiger partial charge is 0.462 e. The van der Waals surface area contributed by atoms with E-state index in [1.54, 1.807) is 25.3 Å². The van der Waals surface area contributed by atoms with Crippen molar-refractivity contribution in [3.05, 3.63) is 108 Å². The minimum atomic E-state index is -0.448. The topological polar surface area (TPSA) is 104 Å². The molecule has 0 fully saturated rings. The molecule has 5 rings (SSSR count). The van der Waals surface area contributed by atoms with E-state index in [9.17, 15) is 4.79 Å². The zero-order valence-electron chi connectivity index (χ0n) is 21.4. The third-order valence-corrected chi connectivity index (χ3v) is 6.38. The second-order valence-electron chi connectivity index (χ2n) is 8.60. The van der Waals surface area contributed by atoms with E-state index in [-0.39, 0.29) is 6.61 Å². The van der Waals surface area contributed by atoms with Crippen LogP contribution < -0.4 is 16.0 Å². The zero-order valence-corrected chi connectivity index (χ0v) is 23.0. The normalized spacial score (nSPS) is 10.6. The quantitative estimate of drug-likeness (QED) is 0.112. The Morgan fingerprint density at radius 3 is 2.30 bits per heavy atom. The summed E-state index contributed by atoms with van der Waals surface area (Å²) in [5.41, 5.74) is 5.02. The summed E-state index contributed by atoms with van der Waals surface area (Å²) in [6.45, 7) is 2.02. The van der Waals surface area contributed by atoms with Crippen LogP contribution in [0.3, 0.4) is 0 Å². The van der Waals surface area contributed by atoms with E-state index in [1.165, 1.54) is 0 Å². The third kappa shape index (κ3) is 6.28. The van der Waals surface area contributed by atoms with Gasteiger partial charge in [0.1, 0.15) is 11.4 Å². The van der Waals surface area contributed by atoms with E-state index < -0.39 is 5.97 Å². The molecule has 0 saturated carbocycles. The maximum Gasteiger partial charge on any atom is 0.342 e. The summed E-state index contributed by atoms with van der Waals surface area (Å²) in [4.78, 5) is 16.2. The summed E-state index contributed by atoms with van der Waals surface area (Å²) < 4.78 is 5.36. The number of H-pyrrole nitrogens is 1. The van der Waals surface area contributed by atoms with Crippen molar-refractivity contribution in [2.75, 3.05) is 22.6 Å². The van der Waals surface area contributed by atoms with Gasteiger partial charge >= 0.3 is 5.97 Å². The van der Waals surface area contributed by atoms with E-state index in [4.69, 9.17) is 28.6 Å². The van der Waals surface area contributed by atoms with Crippen LogP contribution in [0.25, 0.3) is 22.4 Å². The number of nitrogens with zero attached hydrogens (tertiary/aromatic N) is 2. The fourth-order valence-electron chi connectivity index (χ4n) is 4.06. The van der Waals surface area contributed by atoms with Gasteiger partial charge in [0.05, 0.1) is 23.7 Å². The lowest BCUT2D eigenvalue weighted by Gasteiger charge is -2.15. The number of esters is 1. The summed E-state index contributed by atoms with van der Waals surface area (Å²) in [6.07, 6.45) is 1.76. The number of thiocarbonyl (C=S) groups is 1. The number of hydrogen-bond donors (Lipinski definition) is 4. The molecule has 0 radical (unpaired) electrons. The van der Waals surface area contributed by atoms with Crippen LogP contribution in [0.5, 0.6) is 0 Å². The van der Waals surface area contributed by atoms with Crippen LogP contribution >= 0.6 is 23.8 Å². The number of hydrogen-bond acceptors (Lipinski definition) is 6. The number of anilines is 4. The molecule has 0 atom stereocenters. The van der Waals surface area contributed by atoms with Gasteiger partial charge in [-0.25, -0.2) is 4.79 Å². The summed E-state index contributed by atoms with van der Waals surface area (Å²) in [5.74, 6) is 0.541. The first kappa shape index (κ1) is 26.9. The molecule has 40 heavy (non-hydrogen) atoms. The zero-order chi connectivity index (χ0) is 27.9. The molecule has 2 aromatic heterocycles. The smallest absolute Gasteiger partial charge is 0.342 e. The Hall–Kier alpha value is -4.73. The molecule has 0 aliphatic rings. The average Bonchev–Trinajstić information content (AvgIpc) is 3.39. The van der Waals surface area contributed by atoms with Gasteiger partial charge in [-0.3, -0.25) is 0 Å². The molecule has 2 heterocycles. The van der Waals surface area contributed by atoms with Crippen molar-refractivity contribution in [1.82, 2.24) is 15.2 Å². The summed E-state index contributed by atoms with van der Waals surface area (Å²) in [5, 5.41) is 19.0. The Morgan fingerprint density at radius 1 is 0.875 bits per heavy atom. The Labute approximate surface area is 241 Å². The Kier molecular flexibility index (Phi) is 8.34. The molecule has 4 N–H and O–H groups in total. The number of aromatic amines is 1. The lowest BCUT2D eigenvalue weighted by atomic mass is 10.0. The number of rotatable bonds is 8. The van der Waals surface area contributed by atoms with E-state index in [1.807, 2.05) is 78.9 Å². The van der Waals surface area contributed by atoms with Crippen LogP contribution in [-0.2, 0) is 4.74 Å². The first-order valence-corrected chi connectivity index (χ1v) is 13.3. The van der Waals surface area contributed by atoms with Gasteiger partial charge in [-0.05, 0) is 61.1 Å². The van der Waals surface area contributed by atoms with Gasteiger partial charge in [0.2, 0.25) is 0 Å². The number of para-hydroxylation sites is 2. The van der Waals surface area contributed by atoms with E-state index in [0.717, 1.165) is 16.8 Å². The second-order valence-corrected chi connectivity index (χ2v) is 9.44. The first-order valence-electron chi connectivity index (χ1n) is 12.5. The van der Waals surface area contributed by atoms with E-state index >= 15 is 0 Å².